The molecule has 5 nitrogen and oxygen atoms in total. The summed E-state index contributed by atoms with van der Waals surface area (Å²) in [5, 5.41) is 16.8. The average molecular weight is 266 g/mol. The lowest BCUT2D eigenvalue weighted by molar-refractivity contribution is 0.0674. The quantitative estimate of drug-likeness (QED) is 0.411. The second-order valence-corrected chi connectivity index (χ2v) is 6.25. The molecule has 2 aliphatic carbocycles. The number of nitrogens with two attached hydrogens (primary N) is 2. The molecule has 0 aromatic rings. The van der Waals surface area contributed by atoms with Crippen LogP contribution in [0.25, 0.3) is 0 Å². The number of hydrogen-bond acceptors (Lipinski definition) is 3. The third-order valence-corrected chi connectivity index (χ3v) is 4.97. The second-order valence-electron chi connectivity index (χ2n) is 6.25. The third-order valence-electron chi connectivity index (χ3n) is 4.97. The first-order chi connectivity index (χ1) is 9.13. The minimum atomic E-state index is 0.0193. The number of aliphatic hydroxyl groups is 1. The van der Waals surface area contributed by atoms with Gasteiger partial charge in [0, 0.05) is 12.8 Å². The Kier molecular flexibility index (Phi) is 4.80. The molecule has 1 spiro atoms. The lowest BCUT2D eigenvalue weighted by Crippen LogP contribution is -2.33. The van der Waals surface area contributed by atoms with Crippen molar-refractivity contribution in [3.8, 4) is 0 Å². The lowest BCUT2D eigenvalue weighted by atomic mass is 9.62. The van der Waals surface area contributed by atoms with E-state index < -0.39 is 0 Å². The Balaban J connectivity index is 1.79. The van der Waals surface area contributed by atoms with Crippen LogP contribution in [0.3, 0.4) is 0 Å². The normalized spacial score (nSPS) is 35.6. The van der Waals surface area contributed by atoms with Crippen LogP contribution in [-0.4, -0.2) is 23.9 Å². The van der Waals surface area contributed by atoms with Gasteiger partial charge >= 0.3 is 0 Å². The fourth-order valence-electron chi connectivity index (χ4n) is 3.57. The van der Waals surface area contributed by atoms with Crippen molar-refractivity contribution in [2.45, 2.75) is 51.4 Å². The van der Waals surface area contributed by atoms with Crippen LogP contribution in [0.1, 0.15) is 51.4 Å². The molecule has 5 N–H and O–H groups in total. The predicted octanol–water partition coefficient (Wildman–Crippen LogP) is 1.60. The van der Waals surface area contributed by atoms with Crippen molar-refractivity contribution in [1.82, 2.24) is 0 Å². The maximum Gasteiger partial charge on any atom is 0.211 e. The van der Waals surface area contributed by atoms with Crippen LogP contribution in [0, 0.1) is 17.3 Å². The molecular weight excluding hydrogens is 240 g/mol. The van der Waals surface area contributed by atoms with Crippen molar-refractivity contribution in [3.63, 3.8) is 0 Å². The van der Waals surface area contributed by atoms with Gasteiger partial charge in [-0.25, -0.2) is 0 Å². The smallest absolute Gasteiger partial charge is 0.211 e. The number of aliphatic hydroxyl groups excluding tert-OH is 1. The van der Waals surface area contributed by atoms with Gasteiger partial charge in [0.15, 0.2) is 0 Å². The molecule has 19 heavy (non-hydrogen) atoms. The van der Waals surface area contributed by atoms with E-state index in [1.165, 1.54) is 51.4 Å². The predicted molar refractivity (Wildman–Crippen MR) is 77.7 cm³/mol. The van der Waals surface area contributed by atoms with E-state index in [0.29, 0.717) is 23.9 Å². The summed E-state index contributed by atoms with van der Waals surface area (Å²) in [7, 11) is 0. The van der Waals surface area contributed by atoms with Crippen molar-refractivity contribution in [2.75, 3.05) is 6.61 Å². The largest absolute Gasteiger partial charge is 0.396 e. The number of guanidine groups is 1. The van der Waals surface area contributed by atoms with Gasteiger partial charge in [-0.05, 0) is 68.6 Å². The minimum absolute atomic E-state index is 0.0193. The summed E-state index contributed by atoms with van der Waals surface area (Å²) in [5.74, 6) is 1.09. The summed E-state index contributed by atoms with van der Waals surface area (Å²) < 4.78 is 0. The topological polar surface area (TPSA) is 97.0 Å². The van der Waals surface area contributed by atoms with Crippen LogP contribution in [0.15, 0.2) is 10.2 Å². The molecule has 0 amide bonds. The van der Waals surface area contributed by atoms with Crippen LogP contribution in [0.4, 0.5) is 0 Å². The molecule has 2 saturated carbocycles. The van der Waals surface area contributed by atoms with E-state index in [4.69, 9.17) is 11.5 Å². The summed E-state index contributed by atoms with van der Waals surface area (Å²) in [5.41, 5.74) is 11.0. The van der Waals surface area contributed by atoms with Crippen molar-refractivity contribution in [3.05, 3.63) is 0 Å². The van der Waals surface area contributed by atoms with Crippen LogP contribution < -0.4 is 11.5 Å². The monoisotopic (exact) mass is 266 g/mol. The Morgan fingerprint density at radius 1 is 1.11 bits per heavy atom. The van der Waals surface area contributed by atoms with Crippen molar-refractivity contribution in [1.29, 1.82) is 0 Å². The van der Waals surface area contributed by atoms with Gasteiger partial charge in [0.05, 0.1) is 0 Å². The molecule has 0 radical (unpaired) electrons. The van der Waals surface area contributed by atoms with Gasteiger partial charge in [-0.2, -0.15) is 5.10 Å². The number of rotatable bonds is 3. The van der Waals surface area contributed by atoms with Gasteiger partial charge in [0.25, 0.3) is 0 Å². The van der Waals surface area contributed by atoms with Crippen LogP contribution in [-0.2, 0) is 0 Å². The van der Waals surface area contributed by atoms with E-state index in [9.17, 15) is 5.11 Å². The van der Waals surface area contributed by atoms with Gasteiger partial charge < -0.3 is 16.6 Å². The maximum absolute atomic E-state index is 9.21. The van der Waals surface area contributed by atoms with E-state index in [1.807, 2.05) is 6.21 Å². The zero-order chi connectivity index (χ0) is 13.7. The Bertz CT molecular complexity index is 331. The highest BCUT2D eigenvalue weighted by atomic mass is 16.3. The Hall–Kier alpha value is -1.10. The SMILES string of the molecule is NC(N)=N/N=C/C1CCC2(CC1)CCC(CO)CC2. The average Bonchev–Trinajstić information content (AvgIpc) is 2.42. The summed E-state index contributed by atoms with van der Waals surface area (Å²) in [6.07, 6.45) is 11.8. The van der Waals surface area contributed by atoms with Gasteiger partial charge in [0.2, 0.25) is 5.96 Å². The van der Waals surface area contributed by atoms with Crippen molar-refractivity contribution < 1.29 is 5.11 Å². The van der Waals surface area contributed by atoms with E-state index in [-0.39, 0.29) is 5.96 Å². The molecule has 5 heteroatoms. The first-order valence-electron chi connectivity index (χ1n) is 7.36. The van der Waals surface area contributed by atoms with E-state index in [0.717, 1.165) is 0 Å². The molecule has 2 fully saturated rings. The molecular formula is C14H26N4O. The minimum Gasteiger partial charge on any atom is -0.396 e. The van der Waals surface area contributed by atoms with Crippen molar-refractivity contribution in [2.24, 2.45) is 38.9 Å². The van der Waals surface area contributed by atoms with Gasteiger partial charge in [-0.3, -0.25) is 0 Å². The third kappa shape index (κ3) is 3.93. The van der Waals surface area contributed by atoms with E-state index in [1.54, 1.807) is 0 Å². The molecule has 0 aromatic heterocycles. The zero-order valence-corrected chi connectivity index (χ0v) is 11.6. The standard InChI is InChI=1S/C14H26N4O/c15-13(16)18-17-9-11-1-5-14(6-2-11)7-3-12(10-19)4-8-14/h9,11-12,19H,1-8,10H2,(H4,15,16,18)/b17-9+. The molecule has 0 heterocycles. The van der Waals surface area contributed by atoms with Crippen LogP contribution >= 0.6 is 0 Å². The maximum atomic E-state index is 9.21. The molecule has 0 unspecified atom stereocenters. The first-order valence-corrected chi connectivity index (χ1v) is 7.36. The van der Waals surface area contributed by atoms with Gasteiger partial charge in [-0.1, -0.05) is 0 Å². The number of nitrogens with zero attached hydrogens (tertiary/aromatic N) is 2. The molecule has 0 atom stereocenters. The van der Waals surface area contributed by atoms with Gasteiger partial charge in [-0.15, -0.1) is 5.10 Å². The highest BCUT2D eigenvalue weighted by Crippen LogP contribution is 2.49. The summed E-state index contributed by atoms with van der Waals surface area (Å²) in [4.78, 5) is 0. The van der Waals surface area contributed by atoms with Gasteiger partial charge in [0.1, 0.15) is 0 Å². The Morgan fingerprint density at radius 2 is 1.68 bits per heavy atom. The molecule has 108 valence electrons. The molecule has 0 aliphatic heterocycles. The second kappa shape index (κ2) is 6.37. The molecule has 2 aliphatic rings. The van der Waals surface area contributed by atoms with Crippen LogP contribution in [0.2, 0.25) is 0 Å². The lowest BCUT2D eigenvalue weighted by Gasteiger charge is -2.44. The van der Waals surface area contributed by atoms with Crippen LogP contribution in [0.5, 0.6) is 0 Å². The summed E-state index contributed by atoms with van der Waals surface area (Å²) >= 11 is 0. The molecule has 0 aromatic carbocycles. The highest BCUT2D eigenvalue weighted by molar-refractivity contribution is 5.76. The highest BCUT2D eigenvalue weighted by Gasteiger charge is 2.37. The fraction of sp³-hybridized carbons (Fsp3) is 0.857. The zero-order valence-electron chi connectivity index (χ0n) is 11.6. The summed E-state index contributed by atoms with van der Waals surface area (Å²) in [6, 6.07) is 0. The van der Waals surface area contributed by atoms with E-state index in [2.05, 4.69) is 10.2 Å². The number of hydrogen-bond donors (Lipinski definition) is 3. The Labute approximate surface area is 115 Å². The van der Waals surface area contributed by atoms with E-state index >= 15 is 0 Å². The molecule has 0 saturated heterocycles. The molecule has 0 bridgehead atoms. The Morgan fingerprint density at radius 3 is 2.21 bits per heavy atom. The summed E-state index contributed by atoms with van der Waals surface area (Å²) in [6.45, 7) is 0.365. The molecule has 2 rings (SSSR count). The first kappa shape index (κ1) is 14.3. The van der Waals surface area contributed by atoms with Crippen molar-refractivity contribution >= 4 is 12.2 Å². The fourth-order valence-corrected chi connectivity index (χ4v) is 3.57.